The van der Waals surface area contributed by atoms with Gasteiger partial charge in [0, 0.05) is 65.3 Å². The van der Waals surface area contributed by atoms with Gasteiger partial charge in [-0.15, -0.1) is 0 Å². The lowest BCUT2D eigenvalue weighted by Crippen LogP contribution is -2.68. The number of ether oxygens (including phenoxy) is 3. The van der Waals surface area contributed by atoms with Crippen LogP contribution in [0, 0.1) is 11.3 Å². The van der Waals surface area contributed by atoms with E-state index in [1.165, 1.54) is 6.20 Å². The van der Waals surface area contributed by atoms with Crippen molar-refractivity contribution in [2.45, 2.75) is 31.1 Å². The van der Waals surface area contributed by atoms with Gasteiger partial charge in [0.25, 0.3) is 0 Å². The van der Waals surface area contributed by atoms with Crippen molar-refractivity contribution in [1.29, 1.82) is 5.26 Å². The molecule has 3 atom stereocenters. The van der Waals surface area contributed by atoms with E-state index in [9.17, 15) is 5.26 Å². The number of hydrogen-bond acceptors (Lipinski definition) is 11. The van der Waals surface area contributed by atoms with Crippen LogP contribution in [0.25, 0.3) is 16.8 Å². The quantitative estimate of drug-likeness (QED) is 0.343. The van der Waals surface area contributed by atoms with E-state index in [2.05, 4.69) is 26.4 Å². The lowest BCUT2D eigenvalue weighted by atomic mass is 9.87. The predicted octanol–water partition coefficient (Wildman–Crippen LogP) is 1.90. The van der Waals surface area contributed by atoms with Crippen LogP contribution in [0.3, 0.4) is 0 Å². The molecule has 0 amide bonds. The Hall–Kier alpha value is -4.31. The molecule has 4 aromatic heterocycles. The summed E-state index contributed by atoms with van der Waals surface area (Å²) in [7, 11) is 1.54. The van der Waals surface area contributed by atoms with Crippen LogP contribution < -0.4 is 19.7 Å². The summed E-state index contributed by atoms with van der Waals surface area (Å²) in [6, 6.07) is 7.58. The third-order valence-electron chi connectivity index (χ3n) is 7.78. The van der Waals surface area contributed by atoms with Crippen molar-refractivity contribution < 1.29 is 17.0 Å². The van der Waals surface area contributed by atoms with Crippen molar-refractivity contribution in [3.63, 3.8) is 0 Å². The monoisotopic (exact) mass is 555 g/mol. The predicted molar refractivity (Wildman–Crippen MR) is 150 cm³/mol. The van der Waals surface area contributed by atoms with Gasteiger partial charge in [0.05, 0.1) is 55.3 Å². The molecule has 4 aromatic rings. The summed E-state index contributed by atoms with van der Waals surface area (Å²) < 4.78 is 36.3. The Morgan fingerprint density at radius 1 is 1.17 bits per heavy atom. The van der Waals surface area contributed by atoms with Crippen LogP contribution >= 0.6 is 0 Å². The highest BCUT2D eigenvalue weighted by Gasteiger charge is 2.44. The molecule has 41 heavy (non-hydrogen) atoms. The summed E-state index contributed by atoms with van der Waals surface area (Å²) in [5, 5.41) is 17.4. The van der Waals surface area contributed by atoms with Gasteiger partial charge in [-0.25, -0.2) is 14.5 Å². The highest BCUT2D eigenvalue weighted by atomic mass is 16.5. The number of rotatable bonds is 8. The first-order chi connectivity index (χ1) is 20.9. The summed E-state index contributed by atoms with van der Waals surface area (Å²) in [4.78, 5) is 17.8. The van der Waals surface area contributed by atoms with Crippen molar-refractivity contribution in [2.75, 3.05) is 51.4 Å². The Morgan fingerprint density at radius 3 is 2.78 bits per heavy atom. The van der Waals surface area contributed by atoms with Crippen LogP contribution in [0.2, 0.25) is 0 Å². The number of nitrogens with one attached hydrogen (secondary N) is 1. The van der Waals surface area contributed by atoms with E-state index in [1.807, 2.05) is 11.0 Å². The molecular weight excluding hydrogens is 522 g/mol. The molecule has 12 heteroatoms. The zero-order valence-corrected chi connectivity index (χ0v) is 22.6. The minimum absolute atomic E-state index is 0.0408. The first-order valence-corrected chi connectivity index (χ1v) is 13.7. The van der Waals surface area contributed by atoms with Gasteiger partial charge >= 0.3 is 0 Å². The molecular formula is C29H31N9O3. The van der Waals surface area contributed by atoms with Gasteiger partial charge in [0.15, 0.2) is 0 Å². The molecule has 0 aromatic carbocycles. The molecule has 0 aliphatic carbocycles. The zero-order valence-electron chi connectivity index (χ0n) is 24.6. The van der Waals surface area contributed by atoms with Gasteiger partial charge in [-0.3, -0.25) is 9.88 Å². The standard InChI is InChI=1S/C29H31N9O3/c1-39-28-3-2-19(9-34-28)14-37-21-6-22(37)16-36(15-21)27-13-32-26(12-33-27)25-7-23(41-18-24-11-31-4-5-40-24)17-38-29(25)20(8-30)10-35-38/h2-3,7,9-10,12-13,17,21-22,24,31H,4-6,11,14-16,18H2,1H3/t21?,22?,24-/m1/s1/i14D2. The topological polar surface area (TPSA) is 126 Å². The van der Waals surface area contributed by atoms with E-state index < -0.39 is 6.50 Å². The normalized spacial score (nSPS) is 23.3. The molecule has 2 unspecified atom stereocenters. The number of pyridine rings is 2. The number of piperazine rings is 1. The van der Waals surface area contributed by atoms with Crippen LogP contribution in [0.1, 0.15) is 20.3 Å². The van der Waals surface area contributed by atoms with Crippen molar-refractivity contribution in [1.82, 2.24) is 34.8 Å². The highest BCUT2D eigenvalue weighted by molar-refractivity contribution is 5.83. The van der Waals surface area contributed by atoms with Gasteiger partial charge in [0.2, 0.25) is 5.88 Å². The molecule has 8 rings (SSSR count). The molecule has 4 aliphatic heterocycles. The van der Waals surface area contributed by atoms with Gasteiger partial charge in [-0.1, -0.05) is 6.07 Å². The number of piperidine rings is 1. The average molecular weight is 556 g/mol. The number of methoxy groups -OCH3 is 1. The average Bonchev–Trinajstić information content (AvgIpc) is 3.47. The first kappa shape index (κ1) is 23.4. The molecule has 0 saturated carbocycles. The number of hydrogen-bond donors (Lipinski definition) is 1. The summed E-state index contributed by atoms with van der Waals surface area (Å²) >= 11 is 0. The molecule has 4 saturated heterocycles. The SMILES string of the molecule is [2H]C([2H])(c1ccc(OC)nc1)N1C2CC1CN(c1cnc(-c3cc(OC[C@H]4CNCCO4)cn4ncc(C#N)c34)cn1)C2. The lowest BCUT2D eigenvalue weighted by Gasteiger charge is -2.56. The van der Waals surface area contributed by atoms with Crippen molar-refractivity contribution >= 4 is 11.3 Å². The van der Waals surface area contributed by atoms with Crippen LogP contribution in [-0.2, 0) is 11.2 Å². The lowest BCUT2D eigenvalue weighted by molar-refractivity contribution is -0.00879. The van der Waals surface area contributed by atoms with E-state index in [1.54, 1.807) is 48.5 Å². The van der Waals surface area contributed by atoms with Crippen molar-refractivity contribution in [3.8, 4) is 29.0 Å². The second kappa shape index (κ2) is 10.9. The molecule has 8 heterocycles. The maximum Gasteiger partial charge on any atom is 0.212 e. The zero-order chi connectivity index (χ0) is 29.6. The molecule has 4 fully saturated rings. The third kappa shape index (κ3) is 5.04. The summed E-state index contributed by atoms with van der Waals surface area (Å²) in [6.07, 6.45) is 9.15. The minimum Gasteiger partial charge on any atom is -0.489 e. The fraction of sp³-hybridized carbons (Fsp3) is 0.414. The molecule has 2 bridgehead atoms. The smallest absolute Gasteiger partial charge is 0.212 e. The van der Waals surface area contributed by atoms with Crippen LogP contribution in [-0.4, -0.2) is 94.2 Å². The summed E-state index contributed by atoms with van der Waals surface area (Å²) in [6.45, 7) is 2.23. The van der Waals surface area contributed by atoms with Crippen molar-refractivity contribution in [3.05, 3.63) is 60.3 Å². The Bertz CT molecular complexity index is 1640. The highest BCUT2D eigenvalue weighted by Crippen LogP contribution is 2.36. The van der Waals surface area contributed by atoms with Crippen LogP contribution in [0.5, 0.6) is 11.6 Å². The van der Waals surface area contributed by atoms with Crippen LogP contribution in [0.4, 0.5) is 5.82 Å². The second-order valence-corrected chi connectivity index (χ2v) is 10.4. The Kier molecular flexibility index (Phi) is 6.24. The maximum absolute atomic E-state index is 9.72. The maximum atomic E-state index is 9.72. The second-order valence-electron chi connectivity index (χ2n) is 10.4. The Labute approximate surface area is 240 Å². The van der Waals surface area contributed by atoms with Gasteiger partial charge in [0.1, 0.15) is 30.3 Å². The third-order valence-corrected chi connectivity index (χ3v) is 7.78. The van der Waals surface area contributed by atoms with Gasteiger partial charge < -0.3 is 24.4 Å². The summed E-state index contributed by atoms with van der Waals surface area (Å²) in [5.41, 5.74) is 2.88. The molecule has 12 nitrogen and oxygen atoms in total. The number of nitrogens with zero attached hydrogens (tertiary/aromatic N) is 8. The molecule has 0 radical (unpaired) electrons. The Balaban J connectivity index is 1.09. The number of fused-ring (bicyclic) bond motifs is 3. The summed E-state index contributed by atoms with van der Waals surface area (Å²) in [5.74, 6) is 1.78. The first-order valence-electron chi connectivity index (χ1n) is 14.7. The van der Waals surface area contributed by atoms with Crippen molar-refractivity contribution in [2.24, 2.45) is 0 Å². The van der Waals surface area contributed by atoms with E-state index in [-0.39, 0.29) is 18.2 Å². The van der Waals surface area contributed by atoms with E-state index in [0.717, 1.165) is 25.3 Å². The molecule has 1 N–H and O–H groups in total. The number of anilines is 1. The molecule has 0 spiro atoms. The fourth-order valence-corrected chi connectivity index (χ4v) is 5.69. The number of nitriles is 1. The Morgan fingerprint density at radius 2 is 2.07 bits per heavy atom. The van der Waals surface area contributed by atoms with E-state index in [4.69, 9.17) is 26.9 Å². The van der Waals surface area contributed by atoms with E-state index >= 15 is 0 Å². The van der Waals surface area contributed by atoms with Crippen LogP contribution in [0.15, 0.2) is 49.2 Å². The molecule has 210 valence electrons. The van der Waals surface area contributed by atoms with E-state index in [0.29, 0.717) is 65.8 Å². The van der Waals surface area contributed by atoms with Gasteiger partial charge in [-0.2, -0.15) is 10.4 Å². The fourth-order valence-electron chi connectivity index (χ4n) is 5.69. The largest absolute Gasteiger partial charge is 0.489 e. The molecule has 4 aliphatic rings. The number of aromatic nitrogens is 5. The van der Waals surface area contributed by atoms with Gasteiger partial charge in [-0.05, 0) is 18.1 Å². The number of morpholine rings is 1. The minimum atomic E-state index is -1.64.